The minimum absolute atomic E-state index is 0.128. The van der Waals surface area contributed by atoms with Crippen molar-refractivity contribution in [1.82, 2.24) is 5.32 Å². The number of anilines is 1. The number of hydrogen-bond donors (Lipinski definition) is 1. The Hall–Kier alpha value is -4.13. The molecule has 4 heterocycles. The summed E-state index contributed by atoms with van der Waals surface area (Å²) >= 11 is 6.51. The molecular weight excluding hydrogens is 536 g/mol. The van der Waals surface area contributed by atoms with Gasteiger partial charge in [-0.3, -0.25) is 9.59 Å². The van der Waals surface area contributed by atoms with Crippen LogP contribution in [0.2, 0.25) is 5.02 Å². The summed E-state index contributed by atoms with van der Waals surface area (Å²) in [7, 11) is 0. The minimum Gasteiger partial charge on any atom is -0.487 e. The van der Waals surface area contributed by atoms with Crippen molar-refractivity contribution < 1.29 is 19.1 Å². The SMILES string of the molecule is Cc1ccc([C@H]2[C@]34NC(=O)C[C@H]3Oc3ccc(Cl)cc3[C@@H]4O[C@@]23C(=O)N(Cc2ccccc2)c2ccccc23)cc1. The molecule has 7 heteroatoms. The van der Waals surface area contributed by atoms with Gasteiger partial charge in [0.2, 0.25) is 5.91 Å². The zero-order chi connectivity index (χ0) is 27.9. The fourth-order valence-corrected chi connectivity index (χ4v) is 7.70. The van der Waals surface area contributed by atoms with E-state index in [0.29, 0.717) is 17.3 Å². The van der Waals surface area contributed by atoms with Gasteiger partial charge in [-0.05, 0) is 42.3 Å². The van der Waals surface area contributed by atoms with E-state index in [-0.39, 0.29) is 18.2 Å². The van der Waals surface area contributed by atoms with Crippen molar-refractivity contribution in [2.75, 3.05) is 4.90 Å². The molecule has 2 fully saturated rings. The molecule has 0 aliphatic carbocycles. The number of para-hydroxylation sites is 1. The van der Waals surface area contributed by atoms with E-state index in [1.165, 1.54) is 0 Å². The summed E-state index contributed by atoms with van der Waals surface area (Å²) in [6, 6.07) is 31.4. The second-order valence-corrected chi connectivity index (χ2v) is 11.9. The Morgan fingerprint density at radius 2 is 1.71 bits per heavy atom. The molecule has 41 heavy (non-hydrogen) atoms. The number of fused-ring (bicyclic) bond motifs is 4. The summed E-state index contributed by atoms with van der Waals surface area (Å²) in [5.41, 5.74) is 2.91. The van der Waals surface area contributed by atoms with Crippen molar-refractivity contribution in [3.63, 3.8) is 0 Å². The molecule has 2 spiro atoms. The van der Waals surface area contributed by atoms with E-state index in [0.717, 1.165) is 33.5 Å². The molecular formula is C34H27ClN2O4. The maximum atomic E-state index is 15.1. The van der Waals surface area contributed by atoms with Crippen LogP contribution < -0.4 is 15.0 Å². The highest BCUT2D eigenvalue weighted by molar-refractivity contribution is 6.30. The lowest BCUT2D eigenvalue weighted by Crippen LogP contribution is -2.60. The lowest BCUT2D eigenvalue weighted by molar-refractivity contribution is -0.144. The van der Waals surface area contributed by atoms with Crippen molar-refractivity contribution in [3.8, 4) is 5.75 Å². The third-order valence-electron chi connectivity index (χ3n) is 9.16. The molecule has 0 unspecified atom stereocenters. The first kappa shape index (κ1) is 24.6. The van der Waals surface area contributed by atoms with E-state index in [1.807, 2.05) is 103 Å². The van der Waals surface area contributed by atoms with Crippen LogP contribution in [0.15, 0.2) is 97.1 Å². The summed E-state index contributed by atoms with van der Waals surface area (Å²) in [6.45, 7) is 2.43. The molecule has 4 aromatic rings. The second-order valence-electron chi connectivity index (χ2n) is 11.4. The van der Waals surface area contributed by atoms with Gasteiger partial charge in [0.05, 0.1) is 24.6 Å². The highest BCUT2D eigenvalue weighted by atomic mass is 35.5. The van der Waals surface area contributed by atoms with Crippen LogP contribution in [0.1, 0.15) is 46.3 Å². The summed E-state index contributed by atoms with van der Waals surface area (Å²) in [6.07, 6.45) is -1.03. The maximum Gasteiger partial charge on any atom is 0.265 e. The van der Waals surface area contributed by atoms with Crippen LogP contribution in [0.4, 0.5) is 5.69 Å². The highest BCUT2D eigenvalue weighted by Gasteiger charge is 2.77. The molecule has 4 aliphatic heterocycles. The van der Waals surface area contributed by atoms with E-state index < -0.39 is 29.3 Å². The topological polar surface area (TPSA) is 67.9 Å². The Labute approximate surface area is 242 Å². The molecule has 2 saturated heterocycles. The summed E-state index contributed by atoms with van der Waals surface area (Å²) in [5.74, 6) is -0.230. The van der Waals surface area contributed by atoms with Gasteiger partial charge in [0.25, 0.3) is 5.91 Å². The average Bonchev–Trinajstić information content (AvgIpc) is 3.56. The lowest BCUT2D eigenvalue weighted by Gasteiger charge is -2.44. The van der Waals surface area contributed by atoms with E-state index in [9.17, 15) is 4.79 Å². The maximum absolute atomic E-state index is 15.1. The largest absolute Gasteiger partial charge is 0.487 e. The van der Waals surface area contributed by atoms with Gasteiger partial charge in [-0.25, -0.2) is 0 Å². The number of benzene rings is 4. The first-order chi connectivity index (χ1) is 19.9. The van der Waals surface area contributed by atoms with Crippen LogP contribution in [-0.4, -0.2) is 23.5 Å². The van der Waals surface area contributed by atoms with Crippen molar-refractivity contribution >= 4 is 29.1 Å². The summed E-state index contributed by atoms with van der Waals surface area (Å²) in [5, 5.41) is 3.85. The molecule has 4 aliphatic rings. The zero-order valence-corrected chi connectivity index (χ0v) is 23.1. The number of amides is 2. The Kier molecular flexibility index (Phi) is 5.22. The number of ether oxygens (including phenoxy) is 2. The van der Waals surface area contributed by atoms with Gasteiger partial charge < -0.3 is 19.7 Å². The van der Waals surface area contributed by atoms with E-state index in [2.05, 4.69) is 5.32 Å². The zero-order valence-electron chi connectivity index (χ0n) is 22.3. The molecule has 0 bridgehead atoms. The molecule has 0 radical (unpaired) electrons. The van der Waals surface area contributed by atoms with Crippen LogP contribution in [-0.2, 0) is 26.5 Å². The molecule has 1 N–H and O–H groups in total. The Morgan fingerprint density at radius 1 is 0.951 bits per heavy atom. The first-order valence-electron chi connectivity index (χ1n) is 13.9. The molecule has 4 aromatic carbocycles. The normalized spacial score (nSPS) is 29.0. The summed E-state index contributed by atoms with van der Waals surface area (Å²) in [4.78, 5) is 30.1. The van der Waals surface area contributed by atoms with Gasteiger partial charge in [0.15, 0.2) is 5.60 Å². The third kappa shape index (κ3) is 3.29. The molecule has 6 nitrogen and oxygen atoms in total. The predicted octanol–water partition coefficient (Wildman–Crippen LogP) is 5.97. The van der Waals surface area contributed by atoms with Gasteiger partial charge in [0.1, 0.15) is 23.5 Å². The van der Waals surface area contributed by atoms with Crippen LogP contribution in [0.25, 0.3) is 0 Å². The van der Waals surface area contributed by atoms with Crippen LogP contribution >= 0.6 is 11.6 Å². The van der Waals surface area contributed by atoms with Crippen molar-refractivity contribution in [2.45, 2.75) is 49.2 Å². The summed E-state index contributed by atoms with van der Waals surface area (Å²) < 4.78 is 13.8. The van der Waals surface area contributed by atoms with E-state index in [1.54, 1.807) is 6.07 Å². The van der Waals surface area contributed by atoms with Crippen molar-refractivity contribution in [3.05, 3.63) is 130 Å². The number of halogens is 1. The van der Waals surface area contributed by atoms with Gasteiger partial charge in [-0.1, -0.05) is 90.0 Å². The molecule has 204 valence electrons. The number of nitrogens with one attached hydrogen (secondary N) is 1. The second kappa shape index (κ2) is 8.68. The van der Waals surface area contributed by atoms with Gasteiger partial charge in [-0.15, -0.1) is 0 Å². The van der Waals surface area contributed by atoms with E-state index >= 15 is 4.79 Å². The van der Waals surface area contributed by atoms with Crippen LogP contribution in [0, 0.1) is 6.92 Å². The predicted molar refractivity (Wildman–Crippen MR) is 155 cm³/mol. The minimum atomic E-state index is -1.41. The fourth-order valence-electron chi connectivity index (χ4n) is 7.52. The van der Waals surface area contributed by atoms with Crippen molar-refractivity contribution in [1.29, 1.82) is 0 Å². The lowest BCUT2D eigenvalue weighted by atomic mass is 9.64. The third-order valence-corrected chi connectivity index (χ3v) is 9.39. The van der Waals surface area contributed by atoms with Gasteiger partial charge in [-0.2, -0.15) is 0 Å². The number of carbonyl (C=O) groups excluding carboxylic acids is 2. The Morgan fingerprint density at radius 3 is 2.51 bits per heavy atom. The highest BCUT2D eigenvalue weighted by Crippen LogP contribution is 2.68. The number of carbonyl (C=O) groups is 2. The molecule has 2 amide bonds. The standard InChI is InChI=1S/C34H27ClN2O4/c1-20-11-13-22(14-12-20)30-33-28(18-29(38)36-33)40-27-16-15-23(35)17-24(27)31(33)41-34(30)25-9-5-6-10-26(25)37(32(34)39)19-21-7-3-2-4-8-21/h2-17,28,30-31H,18-19H2,1H3,(H,36,38)/t28-,30+,31+,33-,34-/m1/s1. The first-order valence-corrected chi connectivity index (χ1v) is 14.3. The number of hydrogen-bond acceptors (Lipinski definition) is 4. The quantitative estimate of drug-likeness (QED) is 0.334. The Balaban J connectivity index is 1.40. The number of aryl methyl sites for hydroxylation is 1. The van der Waals surface area contributed by atoms with Gasteiger partial charge in [0, 0.05) is 16.1 Å². The fraction of sp³-hybridized carbons (Fsp3) is 0.235. The van der Waals surface area contributed by atoms with Crippen LogP contribution in [0.3, 0.4) is 0 Å². The van der Waals surface area contributed by atoms with Crippen LogP contribution in [0.5, 0.6) is 5.75 Å². The van der Waals surface area contributed by atoms with E-state index in [4.69, 9.17) is 21.1 Å². The molecule has 0 aromatic heterocycles. The average molecular weight is 563 g/mol. The Bertz CT molecular complexity index is 1720. The van der Waals surface area contributed by atoms with Crippen molar-refractivity contribution in [2.24, 2.45) is 0 Å². The van der Waals surface area contributed by atoms with Gasteiger partial charge >= 0.3 is 0 Å². The smallest absolute Gasteiger partial charge is 0.265 e. The molecule has 5 atom stereocenters. The molecule has 0 saturated carbocycles. The molecule has 8 rings (SSSR count). The number of rotatable bonds is 3. The number of nitrogens with zero attached hydrogens (tertiary/aromatic N) is 1. The monoisotopic (exact) mass is 562 g/mol.